The Bertz CT molecular complexity index is 916. The van der Waals surface area contributed by atoms with Crippen LogP contribution in [0.3, 0.4) is 0 Å². The standard InChI is InChI=1S/C20H19N3O2S/c24-19(20(9-10-20)15-5-2-1-3-6-15)23-11-8-14(13-23)17-21-18(25-22-17)16-7-4-12-26-16/h1-7,12,14H,8-11,13H2/t14-/m0/s1. The van der Waals surface area contributed by atoms with Crippen molar-refractivity contribution in [1.82, 2.24) is 15.0 Å². The number of hydrogen-bond donors (Lipinski definition) is 0. The largest absolute Gasteiger partial charge is 0.341 e. The van der Waals surface area contributed by atoms with Gasteiger partial charge in [0.15, 0.2) is 5.82 Å². The predicted molar refractivity (Wildman–Crippen MR) is 98.9 cm³/mol. The summed E-state index contributed by atoms with van der Waals surface area (Å²) in [6.07, 6.45) is 2.78. The zero-order chi connectivity index (χ0) is 17.6. The average Bonchev–Trinajstić information content (AvgIpc) is 3.12. The summed E-state index contributed by atoms with van der Waals surface area (Å²) in [5.74, 6) is 1.70. The zero-order valence-electron chi connectivity index (χ0n) is 14.3. The van der Waals surface area contributed by atoms with Gasteiger partial charge in [0.2, 0.25) is 5.91 Å². The summed E-state index contributed by atoms with van der Waals surface area (Å²) in [6, 6.07) is 14.1. The molecular weight excluding hydrogens is 346 g/mol. The van der Waals surface area contributed by atoms with Gasteiger partial charge in [0.25, 0.3) is 5.89 Å². The number of carbonyl (C=O) groups excluding carboxylic acids is 1. The van der Waals surface area contributed by atoms with E-state index in [0.717, 1.165) is 36.2 Å². The third-order valence-corrected chi connectivity index (χ3v) is 6.36. The topological polar surface area (TPSA) is 59.2 Å². The van der Waals surface area contributed by atoms with Crippen molar-refractivity contribution >= 4 is 17.2 Å². The molecule has 5 rings (SSSR count). The Morgan fingerprint density at radius 2 is 2.04 bits per heavy atom. The van der Waals surface area contributed by atoms with Crippen LogP contribution in [0.4, 0.5) is 0 Å². The quantitative estimate of drug-likeness (QED) is 0.705. The van der Waals surface area contributed by atoms with E-state index in [2.05, 4.69) is 22.3 Å². The van der Waals surface area contributed by atoms with Gasteiger partial charge < -0.3 is 9.42 Å². The molecule has 3 heterocycles. The van der Waals surface area contributed by atoms with E-state index in [-0.39, 0.29) is 17.2 Å². The van der Waals surface area contributed by atoms with Crippen molar-refractivity contribution in [3.63, 3.8) is 0 Å². The monoisotopic (exact) mass is 365 g/mol. The zero-order valence-corrected chi connectivity index (χ0v) is 15.1. The highest BCUT2D eigenvalue weighted by Gasteiger charge is 2.53. The number of thiophene rings is 1. The second-order valence-corrected chi connectivity index (χ2v) is 8.07. The number of rotatable bonds is 4. The SMILES string of the molecule is O=C(N1CC[C@H](c2noc(-c3cccs3)n2)C1)C1(c2ccccc2)CC1. The summed E-state index contributed by atoms with van der Waals surface area (Å²) in [4.78, 5) is 20.7. The van der Waals surface area contributed by atoms with E-state index in [9.17, 15) is 4.79 Å². The van der Waals surface area contributed by atoms with Gasteiger partial charge in [-0.05, 0) is 36.3 Å². The molecule has 26 heavy (non-hydrogen) atoms. The van der Waals surface area contributed by atoms with Gasteiger partial charge >= 0.3 is 0 Å². The Morgan fingerprint density at radius 1 is 1.19 bits per heavy atom. The highest BCUT2D eigenvalue weighted by atomic mass is 32.1. The molecule has 2 aliphatic rings. The van der Waals surface area contributed by atoms with E-state index in [1.54, 1.807) is 11.3 Å². The van der Waals surface area contributed by atoms with Crippen molar-refractivity contribution in [2.75, 3.05) is 13.1 Å². The Labute approximate surface area is 155 Å². The third kappa shape index (κ3) is 2.56. The van der Waals surface area contributed by atoms with E-state index < -0.39 is 0 Å². The lowest BCUT2D eigenvalue weighted by molar-refractivity contribution is -0.132. The lowest BCUT2D eigenvalue weighted by atomic mass is 9.94. The maximum Gasteiger partial charge on any atom is 0.267 e. The van der Waals surface area contributed by atoms with Crippen molar-refractivity contribution in [3.8, 4) is 10.8 Å². The highest BCUT2D eigenvalue weighted by molar-refractivity contribution is 7.13. The second kappa shape index (κ2) is 6.06. The van der Waals surface area contributed by atoms with Crippen molar-refractivity contribution in [3.05, 3.63) is 59.2 Å². The van der Waals surface area contributed by atoms with Crippen LogP contribution in [0.2, 0.25) is 0 Å². The number of nitrogens with zero attached hydrogens (tertiary/aromatic N) is 3. The Balaban J connectivity index is 1.31. The van der Waals surface area contributed by atoms with Crippen molar-refractivity contribution in [1.29, 1.82) is 0 Å². The number of hydrogen-bond acceptors (Lipinski definition) is 5. The number of likely N-dealkylation sites (tertiary alicyclic amines) is 1. The average molecular weight is 365 g/mol. The molecule has 1 saturated heterocycles. The Hall–Kier alpha value is -2.47. The molecule has 2 aromatic heterocycles. The fraction of sp³-hybridized carbons (Fsp3) is 0.350. The number of benzene rings is 1. The summed E-state index contributed by atoms with van der Waals surface area (Å²) >= 11 is 1.59. The minimum absolute atomic E-state index is 0.156. The van der Waals surface area contributed by atoms with E-state index in [4.69, 9.17) is 4.52 Å². The van der Waals surface area contributed by atoms with Crippen LogP contribution in [0.1, 0.15) is 36.6 Å². The fourth-order valence-electron chi connectivity index (χ4n) is 3.87. The molecule has 2 fully saturated rings. The normalized spacial score (nSPS) is 21.1. The molecule has 1 aliphatic heterocycles. The molecule has 1 atom stereocenters. The van der Waals surface area contributed by atoms with E-state index in [1.165, 1.54) is 0 Å². The molecule has 0 unspecified atom stereocenters. The molecule has 0 spiro atoms. The van der Waals surface area contributed by atoms with Crippen LogP contribution < -0.4 is 0 Å². The molecule has 0 radical (unpaired) electrons. The van der Waals surface area contributed by atoms with Crippen LogP contribution >= 0.6 is 11.3 Å². The molecule has 3 aromatic rings. The molecule has 132 valence electrons. The third-order valence-electron chi connectivity index (χ3n) is 5.50. The van der Waals surface area contributed by atoms with Crippen LogP contribution in [-0.2, 0) is 10.2 Å². The maximum absolute atomic E-state index is 13.2. The van der Waals surface area contributed by atoms with Gasteiger partial charge in [0.05, 0.1) is 10.3 Å². The van der Waals surface area contributed by atoms with E-state index >= 15 is 0 Å². The fourth-order valence-corrected chi connectivity index (χ4v) is 4.51. The first-order chi connectivity index (χ1) is 12.8. The molecule has 1 aliphatic carbocycles. The number of carbonyl (C=O) groups is 1. The lowest BCUT2D eigenvalue weighted by Crippen LogP contribution is -2.37. The van der Waals surface area contributed by atoms with Gasteiger partial charge in [-0.2, -0.15) is 4.98 Å². The van der Waals surface area contributed by atoms with Crippen LogP contribution in [0.15, 0.2) is 52.4 Å². The minimum atomic E-state index is -0.296. The maximum atomic E-state index is 13.2. The summed E-state index contributed by atoms with van der Waals surface area (Å²) in [5.41, 5.74) is 0.850. The van der Waals surface area contributed by atoms with E-state index in [1.807, 2.05) is 40.6 Å². The molecule has 0 N–H and O–H groups in total. The van der Waals surface area contributed by atoms with Gasteiger partial charge in [-0.15, -0.1) is 11.3 Å². The number of amides is 1. The van der Waals surface area contributed by atoms with Gasteiger partial charge in [-0.25, -0.2) is 0 Å². The van der Waals surface area contributed by atoms with Crippen LogP contribution in [-0.4, -0.2) is 34.0 Å². The van der Waals surface area contributed by atoms with Gasteiger partial charge in [0.1, 0.15) is 0 Å². The molecule has 0 bridgehead atoms. The van der Waals surface area contributed by atoms with Crippen LogP contribution in [0.5, 0.6) is 0 Å². The Kier molecular flexibility index (Phi) is 3.67. The molecular formula is C20H19N3O2S. The van der Waals surface area contributed by atoms with Gasteiger partial charge in [-0.1, -0.05) is 41.6 Å². The molecule has 1 amide bonds. The van der Waals surface area contributed by atoms with E-state index in [0.29, 0.717) is 18.3 Å². The predicted octanol–water partition coefficient (Wildman–Crippen LogP) is 3.85. The lowest BCUT2D eigenvalue weighted by Gasteiger charge is -2.23. The van der Waals surface area contributed by atoms with Crippen LogP contribution in [0.25, 0.3) is 10.8 Å². The van der Waals surface area contributed by atoms with Gasteiger partial charge in [0, 0.05) is 19.0 Å². The van der Waals surface area contributed by atoms with Crippen molar-refractivity contribution in [2.45, 2.75) is 30.6 Å². The Morgan fingerprint density at radius 3 is 2.77 bits per heavy atom. The second-order valence-electron chi connectivity index (χ2n) is 7.12. The molecule has 5 nitrogen and oxygen atoms in total. The van der Waals surface area contributed by atoms with Crippen molar-refractivity contribution < 1.29 is 9.32 Å². The first-order valence-corrected chi connectivity index (χ1v) is 9.87. The molecule has 1 saturated carbocycles. The summed E-state index contributed by atoms with van der Waals surface area (Å²) in [6.45, 7) is 1.44. The smallest absolute Gasteiger partial charge is 0.267 e. The molecule has 6 heteroatoms. The summed E-state index contributed by atoms with van der Waals surface area (Å²) < 4.78 is 5.41. The van der Waals surface area contributed by atoms with Gasteiger partial charge in [-0.3, -0.25) is 4.79 Å². The van der Waals surface area contributed by atoms with Crippen molar-refractivity contribution in [2.24, 2.45) is 0 Å². The summed E-state index contributed by atoms with van der Waals surface area (Å²) in [5, 5.41) is 6.16. The van der Waals surface area contributed by atoms with Crippen LogP contribution in [0, 0.1) is 0 Å². The first kappa shape index (κ1) is 15.8. The first-order valence-electron chi connectivity index (χ1n) is 8.99. The highest BCUT2D eigenvalue weighted by Crippen LogP contribution is 2.50. The number of aromatic nitrogens is 2. The summed E-state index contributed by atoms with van der Waals surface area (Å²) in [7, 11) is 0. The minimum Gasteiger partial charge on any atom is -0.341 e. The molecule has 1 aromatic carbocycles.